The van der Waals surface area contributed by atoms with Gasteiger partial charge >= 0.3 is 0 Å². The van der Waals surface area contributed by atoms with E-state index in [2.05, 4.69) is 16.4 Å². The maximum Gasteiger partial charge on any atom is 0.230 e. The summed E-state index contributed by atoms with van der Waals surface area (Å²) in [6.07, 6.45) is 0.321. The molecule has 0 unspecified atom stereocenters. The number of rotatable bonds is 3. The van der Waals surface area contributed by atoms with Crippen molar-refractivity contribution in [2.45, 2.75) is 6.42 Å². The van der Waals surface area contributed by atoms with Crippen molar-refractivity contribution < 1.29 is 4.79 Å². The Morgan fingerprint density at radius 2 is 1.88 bits per heavy atom. The summed E-state index contributed by atoms with van der Waals surface area (Å²) < 4.78 is 0.962. The highest BCUT2D eigenvalue weighted by Crippen LogP contribution is 2.28. The molecular formula is C19H13ClN2OS. The second kappa shape index (κ2) is 6.23. The Labute approximate surface area is 147 Å². The van der Waals surface area contributed by atoms with E-state index in [9.17, 15) is 4.79 Å². The lowest BCUT2D eigenvalue weighted by molar-refractivity contribution is -0.115. The third-order valence-electron chi connectivity index (χ3n) is 3.78. The van der Waals surface area contributed by atoms with E-state index in [1.54, 1.807) is 6.07 Å². The number of fused-ring (bicyclic) bond motifs is 2. The molecule has 5 heteroatoms. The Morgan fingerprint density at radius 1 is 1.04 bits per heavy atom. The lowest BCUT2D eigenvalue weighted by atomic mass is 10.1. The first-order valence-electron chi connectivity index (χ1n) is 7.51. The quantitative estimate of drug-likeness (QED) is 0.544. The van der Waals surface area contributed by atoms with Gasteiger partial charge in [-0.15, -0.1) is 0 Å². The SMILES string of the molecule is O=C(Cc1ccc2ccccc2c1)Nc1nc2ccc(Cl)cc2s1. The smallest absolute Gasteiger partial charge is 0.230 e. The number of nitrogens with one attached hydrogen (secondary N) is 1. The van der Waals surface area contributed by atoms with Crippen LogP contribution < -0.4 is 5.32 Å². The number of halogens is 1. The molecule has 3 nitrogen and oxygen atoms in total. The van der Waals surface area contributed by atoms with Gasteiger partial charge in [-0.05, 0) is 34.5 Å². The van der Waals surface area contributed by atoms with Crippen LogP contribution in [0.2, 0.25) is 5.02 Å². The van der Waals surface area contributed by atoms with Crippen LogP contribution in [0.15, 0.2) is 60.7 Å². The number of nitrogens with zero attached hydrogens (tertiary/aromatic N) is 1. The molecule has 1 N–H and O–H groups in total. The van der Waals surface area contributed by atoms with E-state index in [-0.39, 0.29) is 5.91 Å². The number of amides is 1. The monoisotopic (exact) mass is 352 g/mol. The number of benzene rings is 3. The summed E-state index contributed by atoms with van der Waals surface area (Å²) in [6, 6.07) is 19.7. The molecule has 4 aromatic rings. The molecule has 4 rings (SSSR count). The molecule has 1 aromatic heterocycles. The third kappa shape index (κ3) is 3.11. The zero-order valence-corrected chi connectivity index (χ0v) is 14.2. The van der Waals surface area contributed by atoms with Gasteiger partial charge in [0.15, 0.2) is 5.13 Å². The largest absolute Gasteiger partial charge is 0.302 e. The molecule has 1 amide bonds. The average Bonchev–Trinajstić information content (AvgIpc) is 2.95. The first-order chi connectivity index (χ1) is 11.7. The van der Waals surface area contributed by atoms with Gasteiger partial charge in [0.25, 0.3) is 0 Å². The summed E-state index contributed by atoms with van der Waals surface area (Å²) >= 11 is 7.41. The third-order valence-corrected chi connectivity index (χ3v) is 4.94. The highest BCUT2D eigenvalue weighted by molar-refractivity contribution is 7.22. The first-order valence-corrected chi connectivity index (χ1v) is 8.70. The number of carbonyl (C=O) groups excluding carboxylic acids is 1. The molecule has 1 heterocycles. The minimum atomic E-state index is -0.0737. The first kappa shape index (κ1) is 15.1. The van der Waals surface area contributed by atoms with Crippen molar-refractivity contribution in [1.82, 2.24) is 4.98 Å². The van der Waals surface area contributed by atoms with Gasteiger partial charge in [0.05, 0.1) is 16.6 Å². The van der Waals surface area contributed by atoms with Crippen LogP contribution in [0.5, 0.6) is 0 Å². The van der Waals surface area contributed by atoms with Crippen LogP contribution in [0.25, 0.3) is 21.0 Å². The second-order valence-electron chi connectivity index (χ2n) is 5.54. The maximum atomic E-state index is 12.3. The van der Waals surface area contributed by atoms with Crippen LogP contribution in [0, 0.1) is 0 Å². The highest BCUT2D eigenvalue weighted by Gasteiger charge is 2.09. The topological polar surface area (TPSA) is 42.0 Å². The van der Waals surface area contributed by atoms with Crippen LogP contribution in [0.1, 0.15) is 5.56 Å². The Morgan fingerprint density at radius 3 is 2.75 bits per heavy atom. The Hall–Kier alpha value is -2.43. The normalized spacial score (nSPS) is 11.0. The molecule has 0 aliphatic carbocycles. The van der Waals surface area contributed by atoms with Crippen LogP contribution in [-0.2, 0) is 11.2 Å². The summed E-state index contributed by atoms with van der Waals surface area (Å²) in [5.41, 5.74) is 1.82. The Balaban J connectivity index is 1.52. The molecule has 0 saturated carbocycles. The van der Waals surface area contributed by atoms with E-state index in [1.165, 1.54) is 16.7 Å². The van der Waals surface area contributed by atoms with E-state index in [1.807, 2.05) is 48.5 Å². The minimum absolute atomic E-state index is 0.0737. The number of hydrogen-bond acceptors (Lipinski definition) is 3. The van der Waals surface area contributed by atoms with E-state index in [0.717, 1.165) is 21.2 Å². The van der Waals surface area contributed by atoms with Gasteiger partial charge in [-0.1, -0.05) is 65.4 Å². The van der Waals surface area contributed by atoms with Gasteiger partial charge in [-0.25, -0.2) is 4.98 Å². The molecular weight excluding hydrogens is 340 g/mol. The fourth-order valence-electron chi connectivity index (χ4n) is 2.65. The summed E-state index contributed by atoms with van der Waals surface area (Å²) in [6.45, 7) is 0. The standard InChI is InChI=1S/C19H13ClN2OS/c20-15-7-8-16-17(11-15)24-19(21-16)22-18(23)10-12-5-6-13-3-1-2-4-14(13)9-12/h1-9,11H,10H2,(H,21,22,23). The van der Waals surface area contributed by atoms with Crippen molar-refractivity contribution in [3.05, 3.63) is 71.2 Å². The van der Waals surface area contributed by atoms with Crippen LogP contribution in [-0.4, -0.2) is 10.9 Å². The molecule has 0 saturated heterocycles. The molecule has 0 aliphatic heterocycles. The van der Waals surface area contributed by atoms with Crippen molar-refractivity contribution in [2.24, 2.45) is 0 Å². The number of hydrogen-bond donors (Lipinski definition) is 1. The van der Waals surface area contributed by atoms with Gasteiger partial charge < -0.3 is 5.32 Å². The molecule has 0 spiro atoms. The lowest BCUT2D eigenvalue weighted by Gasteiger charge is -2.04. The number of anilines is 1. The van der Waals surface area contributed by atoms with E-state index >= 15 is 0 Å². The molecule has 0 aliphatic rings. The van der Waals surface area contributed by atoms with Crippen LogP contribution in [0.4, 0.5) is 5.13 Å². The van der Waals surface area contributed by atoms with Crippen molar-refractivity contribution >= 4 is 55.0 Å². The van der Waals surface area contributed by atoms with Crippen molar-refractivity contribution in [3.63, 3.8) is 0 Å². The van der Waals surface area contributed by atoms with Crippen molar-refractivity contribution in [2.75, 3.05) is 5.32 Å². The Bertz CT molecular complexity index is 1060. The van der Waals surface area contributed by atoms with E-state index in [0.29, 0.717) is 16.6 Å². The molecule has 0 bridgehead atoms. The van der Waals surface area contributed by atoms with Gasteiger partial charge in [-0.2, -0.15) is 0 Å². The fraction of sp³-hybridized carbons (Fsp3) is 0.0526. The van der Waals surface area contributed by atoms with Crippen molar-refractivity contribution in [3.8, 4) is 0 Å². The molecule has 3 aromatic carbocycles. The molecule has 118 valence electrons. The van der Waals surface area contributed by atoms with Crippen LogP contribution in [0.3, 0.4) is 0 Å². The zero-order chi connectivity index (χ0) is 16.5. The summed E-state index contributed by atoms with van der Waals surface area (Å²) in [5.74, 6) is -0.0737. The summed E-state index contributed by atoms with van der Waals surface area (Å²) in [7, 11) is 0. The molecule has 24 heavy (non-hydrogen) atoms. The van der Waals surface area contributed by atoms with Gasteiger partial charge in [0.1, 0.15) is 0 Å². The van der Waals surface area contributed by atoms with Crippen molar-refractivity contribution in [1.29, 1.82) is 0 Å². The molecule has 0 radical (unpaired) electrons. The second-order valence-corrected chi connectivity index (χ2v) is 7.00. The van der Waals surface area contributed by atoms with Gasteiger partial charge in [0.2, 0.25) is 5.91 Å². The number of thiazole rings is 1. The Kier molecular flexibility index (Phi) is 3.92. The predicted molar refractivity (Wildman–Crippen MR) is 101 cm³/mol. The summed E-state index contributed by atoms with van der Waals surface area (Å²) in [4.78, 5) is 16.7. The maximum absolute atomic E-state index is 12.3. The van der Waals surface area contributed by atoms with Crippen LogP contribution >= 0.6 is 22.9 Å². The average molecular weight is 353 g/mol. The zero-order valence-electron chi connectivity index (χ0n) is 12.6. The van der Waals surface area contributed by atoms with E-state index < -0.39 is 0 Å². The minimum Gasteiger partial charge on any atom is -0.302 e. The predicted octanol–water partition coefficient (Wildman–Crippen LogP) is 5.28. The lowest BCUT2D eigenvalue weighted by Crippen LogP contribution is -2.14. The highest BCUT2D eigenvalue weighted by atomic mass is 35.5. The van der Waals surface area contributed by atoms with E-state index in [4.69, 9.17) is 11.6 Å². The van der Waals surface area contributed by atoms with Gasteiger partial charge in [-0.3, -0.25) is 4.79 Å². The fourth-order valence-corrected chi connectivity index (χ4v) is 3.81. The number of carbonyl (C=O) groups is 1. The molecule has 0 atom stereocenters. The summed E-state index contributed by atoms with van der Waals surface area (Å²) in [5, 5.41) is 6.44. The number of aromatic nitrogens is 1. The van der Waals surface area contributed by atoms with Gasteiger partial charge in [0, 0.05) is 5.02 Å². The molecule has 0 fully saturated rings.